The lowest BCUT2D eigenvalue weighted by Crippen LogP contribution is -1.98. The molecule has 1 unspecified atom stereocenters. The minimum atomic E-state index is 0.0700. The van der Waals surface area contributed by atoms with Crippen LogP contribution in [0.1, 0.15) is 27.1 Å². The van der Waals surface area contributed by atoms with Gasteiger partial charge in [-0.05, 0) is 48.2 Å². The van der Waals surface area contributed by atoms with Gasteiger partial charge in [-0.1, -0.05) is 57.3 Å². The zero-order valence-electron chi connectivity index (χ0n) is 11.5. The monoisotopic (exact) mass is 372 g/mol. The number of hydrogen-bond donors (Lipinski definition) is 0. The summed E-state index contributed by atoms with van der Waals surface area (Å²) in [5, 5.41) is 1.13. The van der Waals surface area contributed by atoms with Gasteiger partial charge in [-0.25, -0.2) is 0 Å². The Morgan fingerprint density at radius 1 is 0.950 bits per heavy atom. The quantitative estimate of drug-likeness (QED) is 0.590. The molecular formula is C16H15BrCl2O. The minimum absolute atomic E-state index is 0.0700. The Hall–Kier alpha value is -0.700. The summed E-state index contributed by atoms with van der Waals surface area (Å²) in [6.07, 6.45) is 0. The molecule has 1 nitrogen and oxygen atoms in total. The molecule has 0 heterocycles. The molecule has 0 saturated heterocycles. The Morgan fingerprint density at radius 3 is 2.05 bits per heavy atom. The number of benzene rings is 2. The molecule has 20 heavy (non-hydrogen) atoms. The summed E-state index contributed by atoms with van der Waals surface area (Å²) >= 11 is 15.8. The van der Waals surface area contributed by atoms with Gasteiger partial charge in [-0.2, -0.15) is 0 Å². The first-order valence-corrected chi connectivity index (χ1v) is 7.85. The van der Waals surface area contributed by atoms with Gasteiger partial charge in [0.05, 0.1) is 22.0 Å². The van der Waals surface area contributed by atoms with E-state index in [1.807, 2.05) is 32.0 Å². The molecule has 0 aromatic heterocycles. The van der Waals surface area contributed by atoms with Gasteiger partial charge in [0.1, 0.15) is 5.75 Å². The highest BCUT2D eigenvalue weighted by Crippen LogP contribution is 2.37. The van der Waals surface area contributed by atoms with Crippen molar-refractivity contribution in [3.05, 3.63) is 62.6 Å². The van der Waals surface area contributed by atoms with Crippen molar-refractivity contribution in [2.45, 2.75) is 18.7 Å². The molecule has 0 aliphatic carbocycles. The van der Waals surface area contributed by atoms with E-state index in [0.29, 0.717) is 10.0 Å². The third-order valence-electron chi connectivity index (χ3n) is 3.22. The van der Waals surface area contributed by atoms with Crippen molar-refractivity contribution in [1.82, 2.24) is 0 Å². The van der Waals surface area contributed by atoms with E-state index in [-0.39, 0.29) is 4.83 Å². The van der Waals surface area contributed by atoms with Gasteiger partial charge in [0, 0.05) is 0 Å². The molecule has 2 aromatic carbocycles. The largest absolute Gasteiger partial charge is 0.496 e. The van der Waals surface area contributed by atoms with Crippen LogP contribution in [0.5, 0.6) is 5.75 Å². The molecule has 0 spiro atoms. The predicted octanol–water partition coefficient (Wildman–Crippen LogP) is 6.10. The van der Waals surface area contributed by atoms with Crippen molar-refractivity contribution in [3.63, 3.8) is 0 Å². The van der Waals surface area contributed by atoms with E-state index >= 15 is 0 Å². The summed E-state index contributed by atoms with van der Waals surface area (Å²) in [7, 11) is 1.69. The Balaban J connectivity index is 2.42. The van der Waals surface area contributed by atoms with Crippen LogP contribution in [-0.4, -0.2) is 7.11 Å². The van der Waals surface area contributed by atoms with Gasteiger partial charge in [0.25, 0.3) is 0 Å². The summed E-state index contributed by atoms with van der Waals surface area (Å²) in [5.41, 5.74) is 4.47. The average molecular weight is 374 g/mol. The highest BCUT2D eigenvalue weighted by Gasteiger charge is 2.15. The summed E-state index contributed by atoms with van der Waals surface area (Å²) in [5.74, 6) is 0.933. The van der Waals surface area contributed by atoms with E-state index in [1.54, 1.807) is 7.11 Å². The van der Waals surface area contributed by atoms with Gasteiger partial charge < -0.3 is 4.74 Å². The Labute approximate surface area is 138 Å². The van der Waals surface area contributed by atoms with Crippen LogP contribution < -0.4 is 4.74 Å². The van der Waals surface area contributed by atoms with Crippen LogP contribution in [0, 0.1) is 13.8 Å². The van der Waals surface area contributed by atoms with E-state index in [4.69, 9.17) is 27.9 Å². The van der Waals surface area contributed by atoms with E-state index in [9.17, 15) is 0 Å². The zero-order chi connectivity index (χ0) is 14.9. The van der Waals surface area contributed by atoms with Crippen LogP contribution >= 0.6 is 39.1 Å². The maximum absolute atomic E-state index is 6.08. The number of hydrogen-bond acceptors (Lipinski definition) is 1. The van der Waals surface area contributed by atoms with Crippen LogP contribution in [-0.2, 0) is 0 Å². The molecule has 0 aliphatic rings. The molecule has 4 heteroatoms. The number of ether oxygens (including phenoxy) is 1. The molecule has 106 valence electrons. The maximum atomic E-state index is 6.08. The molecule has 0 saturated carbocycles. The van der Waals surface area contributed by atoms with Gasteiger partial charge in [-0.15, -0.1) is 0 Å². The van der Waals surface area contributed by atoms with Crippen molar-refractivity contribution in [3.8, 4) is 5.75 Å². The molecule has 0 radical (unpaired) electrons. The second-order valence-electron chi connectivity index (χ2n) is 4.72. The molecule has 0 fully saturated rings. The van der Waals surface area contributed by atoms with E-state index in [2.05, 4.69) is 28.1 Å². The van der Waals surface area contributed by atoms with Gasteiger partial charge in [0.2, 0.25) is 0 Å². The van der Waals surface area contributed by atoms with E-state index < -0.39 is 0 Å². The second kappa shape index (κ2) is 6.38. The fourth-order valence-electron chi connectivity index (χ4n) is 2.31. The van der Waals surface area contributed by atoms with Crippen LogP contribution in [0.2, 0.25) is 10.0 Å². The first-order valence-electron chi connectivity index (χ1n) is 6.18. The van der Waals surface area contributed by atoms with Crippen LogP contribution in [0.4, 0.5) is 0 Å². The second-order valence-corrected chi connectivity index (χ2v) is 6.45. The van der Waals surface area contributed by atoms with Gasteiger partial charge in [-0.3, -0.25) is 0 Å². The molecule has 1 atom stereocenters. The number of methoxy groups -OCH3 is 1. The van der Waals surface area contributed by atoms with E-state index in [0.717, 1.165) is 22.4 Å². The minimum Gasteiger partial charge on any atom is -0.496 e. The highest BCUT2D eigenvalue weighted by atomic mass is 79.9. The normalized spacial score (nSPS) is 12.3. The smallest absolute Gasteiger partial charge is 0.124 e. The van der Waals surface area contributed by atoms with Crippen molar-refractivity contribution in [2.75, 3.05) is 7.11 Å². The fourth-order valence-corrected chi connectivity index (χ4v) is 3.17. The summed E-state index contributed by atoms with van der Waals surface area (Å²) in [4.78, 5) is 0.0700. The molecular weight excluding hydrogens is 359 g/mol. The summed E-state index contributed by atoms with van der Waals surface area (Å²) in [6, 6.07) is 9.92. The first kappa shape index (κ1) is 15.7. The number of alkyl halides is 1. The van der Waals surface area contributed by atoms with Gasteiger partial charge >= 0.3 is 0 Å². The van der Waals surface area contributed by atoms with E-state index in [1.165, 1.54) is 5.56 Å². The standard InChI is InChI=1S/C16H15BrCl2O/c1-9-6-12(7-10(2)16(9)20-3)15(17)11-4-5-13(18)14(19)8-11/h4-8,15H,1-3H3. The van der Waals surface area contributed by atoms with Gasteiger partial charge in [0.15, 0.2) is 0 Å². The number of aryl methyl sites for hydroxylation is 2. The van der Waals surface area contributed by atoms with Crippen LogP contribution in [0.3, 0.4) is 0 Å². The first-order chi connectivity index (χ1) is 9.43. The molecule has 2 rings (SSSR count). The lowest BCUT2D eigenvalue weighted by atomic mass is 9.99. The topological polar surface area (TPSA) is 9.23 Å². The average Bonchev–Trinajstić information content (AvgIpc) is 2.40. The van der Waals surface area contributed by atoms with Crippen molar-refractivity contribution < 1.29 is 4.74 Å². The summed E-state index contributed by atoms with van der Waals surface area (Å²) in [6.45, 7) is 4.09. The molecule has 0 aliphatic heterocycles. The van der Waals surface area contributed by atoms with Crippen LogP contribution in [0.15, 0.2) is 30.3 Å². The fraction of sp³-hybridized carbons (Fsp3) is 0.250. The Morgan fingerprint density at radius 2 is 1.55 bits per heavy atom. The Bertz CT molecular complexity index is 617. The maximum Gasteiger partial charge on any atom is 0.124 e. The van der Waals surface area contributed by atoms with Crippen molar-refractivity contribution >= 4 is 39.1 Å². The molecule has 2 aromatic rings. The van der Waals surface area contributed by atoms with Crippen molar-refractivity contribution in [2.24, 2.45) is 0 Å². The predicted molar refractivity (Wildman–Crippen MR) is 89.7 cm³/mol. The third-order valence-corrected chi connectivity index (χ3v) is 5.01. The lowest BCUT2D eigenvalue weighted by molar-refractivity contribution is 0.408. The highest BCUT2D eigenvalue weighted by molar-refractivity contribution is 9.09. The third kappa shape index (κ3) is 3.13. The lowest BCUT2D eigenvalue weighted by Gasteiger charge is -2.16. The molecule has 0 N–H and O–H groups in total. The SMILES string of the molecule is COc1c(C)cc(C(Br)c2ccc(Cl)c(Cl)c2)cc1C. The number of rotatable bonds is 3. The molecule has 0 bridgehead atoms. The zero-order valence-corrected chi connectivity index (χ0v) is 14.6. The Kier molecular flexibility index (Phi) is 5.00. The number of halogens is 3. The van der Waals surface area contributed by atoms with Crippen molar-refractivity contribution in [1.29, 1.82) is 0 Å². The molecule has 0 amide bonds. The summed E-state index contributed by atoms with van der Waals surface area (Å²) < 4.78 is 5.40. The van der Waals surface area contributed by atoms with Crippen LogP contribution in [0.25, 0.3) is 0 Å².